The minimum atomic E-state index is -4.42. The van der Waals surface area contributed by atoms with Crippen LogP contribution in [-0.4, -0.2) is 8.42 Å². The standard InChI is InChI=1S/C15H13F3O3S/c1-11-2-8-14(9-3-11)22(19,20)21-10-12-4-6-13(7-5-12)15(16,17)18/h2-9H,10H2,1H3. The van der Waals surface area contributed by atoms with Crippen LogP contribution in [0.15, 0.2) is 53.4 Å². The molecule has 2 aromatic rings. The van der Waals surface area contributed by atoms with Crippen molar-refractivity contribution < 1.29 is 25.8 Å². The first-order chi connectivity index (χ1) is 10.2. The molecule has 2 rings (SSSR count). The summed E-state index contributed by atoms with van der Waals surface area (Å²) in [4.78, 5) is 0.00464. The van der Waals surface area contributed by atoms with Gasteiger partial charge in [-0.05, 0) is 36.8 Å². The number of rotatable bonds is 4. The van der Waals surface area contributed by atoms with Gasteiger partial charge in [-0.3, -0.25) is 4.18 Å². The highest BCUT2D eigenvalue weighted by Gasteiger charge is 2.30. The highest BCUT2D eigenvalue weighted by molar-refractivity contribution is 7.86. The summed E-state index contributed by atoms with van der Waals surface area (Å²) in [7, 11) is -3.94. The highest BCUT2D eigenvalue weighted by Crippen LogP contribution is 2.29. The largest absolute Gasteiger partial charge is 0.416 e. The maximum atomic E-state index is 12.4. The Bertz CT molecular complexity index is 733. The topological polar surface area (TPSA) is 43.4 Å². The van der Waals surface area contributed by atoms with E-state index in [9.17, 15) is 21.6 Å². The third-order valence-corrected chi connectivity index (χ3v) is 4.25. The predicted octanol–water partition coefficient (Wildman–Crippen LogP) is 3.92. The molecule has 118 valence electrons. The second-order valence-corrected chi connectivity index (χ2v) is 6.34. The summed E-state index contributed by atoms with van der Waals surface area (Å²) < 4.78 is 66.0. The fourth-order valence-electron chi connectivity index (χ4n) is 1.71. The van der Waals surface area contributed by atoms with E-state index >= 15 is 0 Å². The van der Waals surface area contributed by atoms with Gasteiger partial charge in [0.2, 0.25) is 0 Å². The van der Waals surface area contributed by atoms with Crippen LogP contribution < -0.4 is 0 Å². The molecule has 0 spiro atoms. The maximum Gasteiger partial charge on any atom is 0.416 e. The highest BCUT2D eigenvalue weighted by atomic mass is 32.2. The van der Waals surface area contributed by atoms with Crippen molar-refractivity contribution in [3.05, 3.63) is 65.2 Å². The van der Waals surface area contributed by atoms with Crippen molar-refractivity contribution in [1.82, 2.24) is 0 Å². The monoisotopic (exact) mass is 330 g/mol. The van der Waals surface area contributed by atoms with E-state index in [-0.39, 0.29) is 11.5 Å². The van der Waals surface area contributed by atoms with Gasteiger partial charge >= 0.3 is 6.18 Å². The van der Waals surface area contributed by atoms with E-state index in [1.807, 2.05) is 6.92 Å². The Morgan fingerprint density at radius 2 is 1.50 bits per heavy atom. The molecule has 0 aliphatic carbocycles. The van der Waals surface area contributed by atoms with Crippen LogP contribution in [0.4, 0.5) is 13.2 Å². The second-order valence-electron chi connectivity index (χ2n) is 4.72. The van der Waals surface area contributed by atoms with Crippen molar-refractivity contribution in [3.8, 4) is 0 Å². The Morgan fingerprint density at radius 1 is 0.955 bits per heavy atom. The van der Waals surface area contributed by atoms with Crippen LogP contribution in [0.5, 0.6) is 0 Å². The molecule has 7 heteroatoms. The molecule has 0 atom stereocenters. The van der Waals surface area contributed by atoms with Crippen LogP contribution in [0, 0.1) is 6.92 Å². The second kappa shape index (κ2) is 6.10. The minimum absolute atomic E-state index is 0.00464. The summed E-state index contributed by atoms with van der Waals surface area (Å²) >= 11 is 0. The molecule has 22 heavy (non-hydrogen) atoms. The quantitative estimate of drug-likeness (QED) is 0.798. The summed E-state index contributed by atoms with van der Waals surface area (Å²) in [5.74, 6) is 0. The molecule has 0 aliphatic rings. The molecule has 0 fully saturated rings. The van der Waals surface area contributed by atoms with E-state index < -0.39 is 21.9 Å². The normalized spacial score (nSPS) is 12.4. The number of halogens is 3. The summed E-state index contributed by atoms with van der Waals surface area (Å²) in [6, 6.07) is 10.2. The molecule has 0 aromatic heterocycles. The molecule has 0 radical (unpaired) electrons. The molecule has 0 bridgehead atoms. The SMILES string of the molecule is Cc1ccc(S(=O)(=O)OCc2ccc(C(F)(F)F)cc2)cc1. The first-order valence-corrected chi connectivity index (χ1v) is 7.71. The Labute approximate surface area is 126 Å². The van der Waals surface area contributed by atoms with Crippen molar-refractivity contribution in [2.75, 3.05) is 0 Å². The third kappa shape index (κ3) is 4.08. The Balaban J connectivity index is 2.07. The molecule has 0 saturated carbocycles. The molecular formula is C15H13F3O3S. The van der Waals surface area contributed by atoms with Gasteiger partial charge in [0.15, 0.2) is 0 Å². The van der Waals surface area contributed by atoms with Crippen LogP contribution in [0.3, 0.4) is 0 Å². The first kappa shape index (κ1) is 16.5. The van der Waals surface area contributed by atoms with E-state index in [1.54, 1.807) is 12.1 Å². The van der Waals surface area contributed by atoms with Crippen molar-refractivity contribution in [1.29, 1.82) is 0 Å². The number of hydrogen-bond acceptors (Lipinski definition) is 3. The van der Waals surface area contributed by atoms with Gasteiger partial charge in [0.25, 0.3) is 10.1 Å². The third-order valence-electron chi connectivity index (χ3n) is 2.97. The average molecular weight is 330 g/mol. The minimum Gasteiger partial charge on any atom is -0.262 e. The summed E-state index contributed by atoms with van der Waals surface area (Å²) in [6.45, 7) is 1.49. The fraction of sp³-hybridized carbons (Fsp3) is 0.200. The number of aryl methyl sites for hydroxylation is 1. The van der Waals surface area contributed by atoms with Gasteiger partial charge in [0, 0.05) is 0 Å². The number of hydrogen-bond donors (Lipinski definition) is 0. The lowest BCUT2D eigenvalue weighted by atomic mass is 10.1. The summed E-state index contributed by atoms with van der Waals surface area (Å²) in [5.41, 5.74) is 0.447. The lowest BCUT2D eigenvalue weighted by molar-refractivity contribution is -0.137. The van der Waals surface area contributed by atoms with E-state index in [2.05, 4.69) is 0 Å². The van der Waals surface area contributed by atoms with Gasteiger partial charge in [-0.2, -0.15) is 21.6 Å². The van der Waals surface area contributed by atoms with E-state index in [4.69, 9.17) is 4.18 Å². The molecule has 0 N–H and O–H groups in total. The maximum absolute atomic E-state index is 12.4. The average Bonchev–Trinajstić information content (AvgIpc) is 2.45. The molecule has 0 saturated heterocycles. The van der Waals surface area contributed by atoms with Crippen LogP contribution in [0.2, 0.25) is 0 Å². The van der Waals surface area contributed by atoms with Gasteiger partial charge in [-0.1, -0.05) is 29.8 Å². The van der Waals surface area contributed by atoms with Crippen LogP contribution in [0.1, 0.15) is 16.7 Å². The van der Waals surface area contributed by atoms with Gasteiger partial charge in [-0.15, -0.1) is 0 Å². The predicted molar refractivity (Wildman–Crippen MR) is 74.6 cm³/mol. The zero-order chi connectivity index (χ0) is 16.4. The Kier molecular flexibility index (Phi) is 4.58. The summed E-state index contributed by atoms with van der Waals surface area (Å²) in [5, 5.41) is 0. The van der Waals surface area contributed by atoms with Crippen LogP contribution in [0.25, 0.3) is 0 Å². The number of benzene rings is 2. The lowest BCUT2D eigenvalue weighted by Crippen LogP contribution is -2.07. The van der Waals surface area contributed by atoms with E-state index in [0.29, 0.717) is 5.56 Å². The van der Waals surface area contributed by atoms with Gasteiger partial charge in [0.1, 0.15) is 0 Å². The number of alkyl halides is 3. The molecule has 0 unspecified atom stereocenters. The van der Waals surface area contributed by atoms with Gasteiger partial charge in [-0.25, -0.2) is 0 Å². The Hall–Kier alpha value is -1.86. The molecular weight excluding hydrogens is 317 g/mol. The van der Waals surface area contributed by atoms with Gasteiger partial charge < -0.3 is 0 Å². The van der Waals surface area contributed by atoms with Crippen molar-refractivity contribution in [2.24, 2.45) is 0 Å². The Morgan fingerprint density at radius 3 is 2.00 bits per heavy atom. The zero-order valence-electron chi connectivity index (χ0n) is 11.6. The van der Waals surface area contributed by atoms with Crippen molar-refractivity contribution >= 4 is 10.1 Å². The molecule has 0 aliphatic heterocycles. The first-order valence-electron chi connectivity index (χ1n) is 6.31. The van der Waals surface area contributed by atoms with Crippen molar-refractivity contribution in [3.63, 3.8) is 0 Å². The zero-order valence-corrected chi connectivity index (χ0v) is 12.4. The smallest absolute Gasteiger partial charge is 0.262 e. The molecule has 0 amide bonds. The molecule has 3 nitrogen and oxygen atoms in total. The van der Waals surface area contributed by atoms with Gasteiger partial charge in [0.05, 0.1) is 17.1 Å². The van der Waals surface area contributed by atoms with Crippen molar-refractivity contribution in [2.45, 2.75) is 24.6 Å². The molecule has 2 aromatic carbocycles. The lowest BCUT2D eigenvalue weighted by Gasteiger charge is -2.08. The van der Waals surface area contributed by atoms with Crippen LogP contribution >= 0.6 is 0 Å². The van der Waals surface area contributed by atoms with E-state index in [0.717, 1.165) is 17.7 Å². The van der Waals surface area contributed by atoms with E-state index in [1.165, 1.54) is 24.3 Å². The van der Waals surface area contributed by atoms with Crippen LogP contribution in [-0.2, 0) is 27.1 Å². The summed E-state index contributed by atoms with van der Waals surface area (Å²) in [6.07, 6.45) is -4.42. The fourth-order valence-corrected chi connectivity index (χ4v) is 2.61. The molecule has 0 heterocycles.